The molecular formula is C55H106O6. The molecule has 0 aromatic rings. The van der Waals surface area contributed by atoms with Crippen LogP contribution in [0.1, 0.15) is 316 Å². The van der Waals surface area contributed by atoms with Gasteiger partial charge in [-0.2, -0.15) is 0 Å². The third kappa shape index (κ3) is 49.3. The Kier molecular flexibility index (Phi) is 49.7. The van der Waals surface area contributed by atoms with Crippen molar-refractivity contribution >= 4 is 17.9 Å². The zero-order valence-corrected chi connectivity index (χ0v) is 41.5. The monoisotopic (exact) mass is 863 g/mol. The summed E-state index contributed by atoms with van der Waals surface area (Å²) in [4.78, 5) is 38.0. The van der Waals surface area contributed by atoms with Crippen LogP contribution in [-0.4, -0.2) is 37.2 Å². The van der Waals surface area contributed by atoms with Crippen LogP contribution in [-0.2, 0) is 28.6 Å². The fraction of sp³-hybridized carbons (Fsp3) is 0.945. The van der Waals surface area contributed by atoms with Crippen LogP contribution in [0.5, 0.6) is 0 Å². The largest absolute Gasteiger partial charge is 0.462 e. The quantitative estimate of drug-likeness (QED) is 0.0344. The molecule has 1 atom stereocenters. The van der Waals surface area contributed by atoms with Crippen molar-refractivity contribution in [3.63, 3.8) is 0 Å². The SMILES string of the molecule is CCCCCCCCCCCCCCCCCCCCC(=O)O[C@H](COC(=O)CCCCCCCCCCCCCC)COC(=O)CCCCCCCCCCCCCCC. The van der Waals surface area contributed by atoms with E-state index in [-0.39, 0.29) is 31.1 Å². The van der Waals surface area contributed by atoms with Crippen LogP contribution in [0, 0.1) is 0 Å². The molecule has 0 aliphatic carbocycles. The fourth-order valence-electron chi connectivity index (χ4n) is 8.45. The molecule has 6 nitrogen and oxygen atoms in total. The van der Waals surface area contributed by atoms with E-state index < -0.39 is 6.10 Å². The van der Waals surface area contributed by atoms with E-state index in [0.29, 0.717) is 19.3 Å². The van der Waals surface area contributed by atoms with Crippen LogP contribution < -0.4 is 0 Å². The molecule has 0 spiro atoms. The van der Waals surface area contributed by atoms with Crippen molar-refractivity contribution in [1.82, 2.24) is 0 Å². The zero-order valence-electron chi connectivity index (χ0n) is 41.5. The lowest BCUT2D eigenvalue weighted by Gasteiger charge is -2.18. The highest BCUT2D eigenvalue weighted by Gasteiger charge is 2.19. The van der Waals surface area contributed by atoms with Crippen LogP contribution >= 0.6 is 0 Å². The molecule has 6 heteroatoms. The molecule has 0 N–H and O–H groups in total. The van der Waals surface area contributed by atoms with E-state index in [4.69, 9.17) is 14.2 Å². The van der Waals surface area contributed by atoms with Gasteiger partial charge in [-0.25, -0.2) is 0 Å². The lowest BCUT2D eigenvalue weighted by molar-refractivity contribution is -0.167. The summed E-state index contributed by atoms with van der Waals surface area (Å²) in [6, 6.07) is 0. The molecule has 0 aliphatic heterocycles. The average molecular weight is 863 g/mol. The Bertz CT molecular complexity index is 905. The molecule has 0 fully saturated rings. The Balaban J connectivity index is 4.27. The number of carbonyl (C=O) groups excluding carboxylic acids is 3. The van der Waals surface area contributed by atoms with Crippen molar-refractivity contribution in [2.75, 3.05) is 13.2 Å². The molecule has 0 aliphatic rings. The number of hydrogen-bond donors (Lipinski definition) is 0. The number of unbranched alkanes of at least 4 members (excludes halogenated alkanes) is 40. The van der Waals surface area contributed by atoms with Gasteiger partial charge >= 0.3 is 17.9 Å². The Labute approximate surface area is 380 Å². The van der Waals surface area contributed by atoms with Crippen molar-refractivity contribution < 1.29 is 28.6 Å². The minimum atomic E-state index is -0.760. The molecule has 0 saturated heterocycles. The first kappa shape index (κ1) is 59.4. The van der Waals surface area contributed by atoms with Crippen LogP contribution in [0.25, 0.3) is 0 Å². The van der Waals surface area contributed by atoms with E-state index >= 15 is 0 Å². The van der Waals surface area contributed by atoms with Crippen molar-refractivity contribution in [3.8, 4) is 0 Å². The molecular weight excluding hydrogens is 757 g/mol. The molecule has 0 amide bonds. The van der Waals surface area contributed by atoms with Gasteiger partial charge in [0, 0.05) is 19.3 Å². The van der Waals surface area contributed by atoms with E-state index in [9.17, 15) is 14.4 Å². The zero-order chi connectivity index (χ0) is 44.4. The van der Waals surface area contributed by atoms with Gasteiger partial charge in [0.1, 0.15) is 13.2 Å². The molecule has 0 bridgehead atoms. The van der Waals surface area contributed by atoms with Crippen molar-refractivity contribution in [3.05, 3.63) is 0 Å². The Hall–Kier alpha value is -1.59. The minimum absolute atomic E-state index is 0.0615. The highest BCUT2D eigenvalue weighted by molar-refractivity contribution is 5.71. The first-order valence-corrected chi connectivity index (χ1v) is 27.5. The van der Waals surface area contributed by atoms with Crippen molar-refractivity contribution in [2.24, 2.45) is 0 Å². The van der Waals surface area contributed by atoms with E-state index in [1.807, 2.05) is 0 Å². The summed E-state index contributed by atoms with van der Waals surface area (Å²) in [5.41, 5.74) is 0. The van der Waals surface area contributed by atoms with E-state index in [1.54, 1.807) is 0 Å². The van der Waals surface area contributed by atoms with E-state index in [0.717, 1.165) is 57.8 Å². The standard InChI is InChI=1S/C55H106O6/c1-4-7-10-13-16-19-22-25-26-27-28-29-31-34-37-40-43-46-49-55(58)61-52(50-59-53(56)47-44-41-38-35-32-24-21-18-15-12-9-6-3)51-60-54(57)48-45-42-39-36-33-30-23-20-17-14-11-8-5-2/h52H,4-51H2,1-3H3/t52-/m1/s1. The van der Waals surface area contributed by atoms with Gasteiger partial charge in [-0.05, 0) is 19.3 Å². The van der Waals surface area contributed by atoms with E-state index in [2.05, 4.69) is 20.8 Å². The van der Waals surface area contributed by atoms with Gasteiger partial charge in [0.05, 0.1) is 0 Å². The molecule has 0 heterocycles. The lowest BCUT2D eigenvalue weighted by Crippen LogP contribution is -2.30. The van der Waals surface area contributed by atoms with Crippen molar-refractivity contribution in [1.29, 1.82) is 0 Å². The molecule has 362 valence electrons. The summed E-state index contributed by atoms with van der Waals surface area (Å²) >= 11 is 0. The van der Waals surface area contributed by atoms with Gasteiger partial charge in [-0.3, -0.25) is 14.4 Å². The fourth-order valence-corrected chi connectivity index (χ4v) is 8.45. The number of esters is 3. The summed E-state index contributed by atoms with van der Waals surface area (Å²) in [7, 11) is 0. The van der Waals surface area contributed by atoms with Gasteiger partial charge in [0.25, 0.3) is 0 Å². The maximum absolute atomic E-state index is 12.8. The van der Waals surface area contributed by atoms with Gasteiger partial charge in [-0.1, -0.05) is 278 Å². The van der Waals surface area contributed by atoms with Crippen LogP contribution in [0.15, 0.2) is 0 Å². The maximum atomic E-state index is 12.8. The number of hydrogen-bond acceptors (Lipinski definition) is 6. The molecule has 61 heavy (non-hydrogen) atoms. The Morgan fingerprint density at radius 3 is 0.656 bits per heavy atom. The van der Waals surface area contributed by atoms with Gasteiger partial charge < -0.3 is 14.2 Å². The molecule has 0 rings (SSSR count). The third-order valence-electron chi connectivity index (χ3n) is 12.6. The number of rotatable bonds is 51. The highest BCUT2D eigenvalue weighted by Crippen LogP contribution is 2.17. The maximum Gasteiger partial charge on any atom is 0.306 e. The number of ether oxygens (including phenoxy) is 3. The Morgan fingerprint density at radius 2 is 0.443 bits per heavy atom. The first-order valence-electron chi connectivity index (χ1n) is 27.5. The van der Waals surface area contributed by atoms with Crippen molar-refractivity contribution in [2.45, 2.75) is 322 Å². The summed E-state index contributed by atoms with van der Waals surface area (Å²) in [6.07, 6.45) is 55.1. The summed E-state index contributed by atoms with van der Waals surface area (Å²) in [5, 5.41) is 0. The molecule has 0 aromatic heterocycles. The van der Waals surface area contributed by atoms with Gasteiger partial charge in [0.15, 0.2) is 6.10 Å². The molecule has 0 saturated carbocycles. The normalized spacial score (nSPS) is 11.9. The van der Waals surface area contributed by atoms with Crippen LogP contribution in [0.4, 0.5) is 0 Å². The smallest absolute Gasteiger partial charge is 0.306 e. The van der Waals surface area contributed by atoms with Gasteiger partial charge in [0.2, 0.25) is 0 Å². The summed E-state index contributed by atoms with van der Waals surface area (Å²) in [6.45, 7) is 6.69. The van der Waals surface area contributed by atoms with Crippen LogP contribution in [0.2, 0.25) is 0 Å². The van der Waals surface area contributed by atoms with Crippen LogP contribution in [0.3, 0.4) is 0 Å². The first-order chi connectivity index (χ1) is 30.0. The lowest BCUT2D eigenvalue weighted by atomic mass is 10.0. The van der Waals surface area contributed by atoms with Gasteiger partial charge in [-0.15, -0.1) is 0 Å². The topological polar surface area (TPSA) is 78.9 Å². The Morgan fingerprint density at radius 1 is 0.262 bits per heavy atom. The minimum Gasteiger partial charge on any atom is -0.462 e. The summed E-state index contributed by atoms with van der Waals surface area (Å²) in [5.74, 6) is -0.837. The predicted octanol–water partition coefficient (Wildman–Crippen LogP) is 18.0. The summed E-state index contributed by atoms with van der Waals surface area (Å²) < 4.78 is 16.8. The second-order valence-corrected chi connectivity index (χ2v) is 18.9. The number of carbonyl (C=O) groups is 3. The molecule has 0 aromatic carbocycles. The van der Waals surface area contributed by atoms with E-state index in [1.165, 1.54) is 218 Å². The third-order valence-corrected chi connectivity index (χ3v) is 12.6. The predicted molar refractivity (Wildman–Crippen MR) is 261 cm³/mol. The highest BCUT2D eigenvalue weighted by atomic mass is 16.6. The molecule has 0 radical (unpaired) electrons. The second kappa shape index (κ2) is 51.0. The molecule has 0 unspecified atom stereocenters. The average Bonchev–Trinajstić information content (AvgIpc) is 3.26. The second-order valence-electron chi connectivity index (χ2n) is 18.9.